The monoisotopic (exact) mass is 886 g/mol. The molecule has 4 aromatic carbocycles. The van der Waals surface area contributed by atoms with Gasteiger partial charge in [-0.2, -0.15) is 13.4 Å². The molecule has 4 aliphatic heterocycles. The lowest BCUT2D eigenvalue weighted by Gasteiger charge is -2.43. The van der Waals surface area contributed by atoms with Crippen LogP contribution in [0.1, 0.15) is 52.7 Å². The van der Waals surface area contributed by atoms with Crippen LogP contribution in [0.15, 0.2) is 107 Å². The van der Waals surface area contributed by atoms with Crippen molar-refractivity contribution in [2.75, 3.05) is 31.1 Å². The standard InChI is InChI=1S/C43H41ClN5O10S2/c1-28-6-2-9-31-26-58-43(52)49(40(28)31,33-17-22-47(23-18-33)61(55,56)39-13-4-8-30-25-45-19-14-35(30)39)59-41(50)29-7-3-10-34(24-29)60(53,54)46-20-15-32(16-21-46)48-38-12-5-11-37(44)36(38)27-57-42(48)51/h2-14,19,24-25,32-33H,15-18,20-23,26-27H2,1H3/q+1. The number of para-hydroxylation sites is 1. The number of carbonyl (C=O) groups excluding carboxylic acids is 3. The Morgan fingerprint density at radius 3 is 2.31 bits per heavy atom. The first-order valence-corrected chi connectivity index (χ1v) is 23.1. The van der Waals surface area contributed by atoms with E-state index in [2.05, 4.69) is 4.98 Å². The first kappa shape index (κ1) is 40.9. The second kappa shape index (κ2) is 15.8. The predicted molar refractivity (Wildman–Crippen MR) is 224 cm³/mol. The molecule has 2 fully saturated rings. The molecule has 0 bridgehead atoms. The Kier molecular flexibility index (Phi) is 10.6. The molecule has 1 aromatic heterocycles. The molecular weight excluding hydrogens is 846 g/mol. The highest BCUT2D eigenvalue weighted by atomic mass is 35.5. The van der Waals surface area contributed by atoms with E-state index in [1.807, 2.05) is 6.07 Å². The normalized spacial score (nSPS) is 20.7. The molecule has 5 aromatic rings. The number of anilines is 1. The average Bonchev–Trinajstić information content (AvgIpc) is 3.27. The van der Waals surface area contributed by atoms with E-state index < -0.39 is 48.9 Å². The number of aryl methyl sites for hydroxylation is 1. The van der Waals surface area contributed by atoms with Crippen LogP contribution in [0.4, 0.5) is 21.0 Å². The highest BCUT2D eigenvalue weighted by Gasteiger charge is 2.59. The maximum atomic E-state index is 14.4. The third-order valence-corrected chi connectivity index (χ3v) is 16.3. The molecule has 15 nitrogen and oxygen atoms in total. The van der Waals surface area contributed by atoms with Gasteiger partial charge in [0.1, 0.15) is 19.3 Å². The predicted octanol–water partition coefficient (Wildman–Crippen LogP) is 7.09. The molecule has 2 amide bonds. The van der Waals surface area contributed by atoms with Crippen molar-refractivity contribution in [2.24, 2.45) is 0 Å². The third-order valence-electron chi connectivity index (χ3n) is 12.1. The van der Waals surface area contributed by atoms with E-state index in [0.717, 1.165) is 0 Å². The number of carbonyl (C=O) groups is 3. The molecule has 61 heavy (non-hydrogen) atoms. The van der Waals surface area contributed by atoms with Crippen molar-refractivity contribution in [1.29, 1.82) is 0 Å². The number of nitrogens with zero attached hydrogens (tertiary/aromatic N) is 5. The molecule has 0 spiro atoms. The number of hydrogen-bond donors (Lipinski definition) is 0. The van der Waals surface area contributed by atoms with E-state index in [4.69, 9.17) is 25.9 Å². The molecule has 18 heteroatoms. The van der Waals surface area contributed by atoms with E-state index in [1.54, 1.807) is 78.8 Å². The van der Waals surface area contributed by atoms with Gasteiger partial charge in [-0.05, 0) is 68.3 Å². The van der Waals surface area contributed by atoms with Crippen LogP contribution in [-0.2, 0) is 47.6 Å². The van der Waals surface area contributed by atoms with Crippen molar-refractivity contribution in [1.82, 2.24) is 18.2 Å². The van der Waals surface area contributed by atoms with Gasteiger partial charge in [-0.15, -0.1) is 0 Å². The van der Waals surface area contributed by atoms with Crippen LogP contribution in [0.3, 0.4) is 0 Å². The van der Waals surface area contributed by atoms with Gasteiger partial charge < -0.3 is 9.47 Å². The molecule has 316 valence electrons. The van der Waals surface area contributed by atoms with E-state index in [9.17, 15) is 31.2 Å². The van der Waals surface area contributed by atoms with Crippen molar-refractivity contribution in [3.05, 3.63) is 125 Å². The maximum Gasteiger partial charge on any atom is 0.565 e. The Morgan fingerprint density at radius 1 is 0.820 bits per heavy atom. The molecule has 1 unspecified atom stereocenters. The van der Waals surface area contributed by atoms with Gasteiger partial charge in [-0.25, -0.2) is 26.4 Å². The van der Waals surface area contributed by atoms with Gasteiger partial charge in [0.2, 0.25) is 20.0 Å². The maximum absolute atomic E-state index is 14.4. The van der Waals surface area contributed by atoms with Gasteiger partial charge in [-0.3, -0.25) is 14.7 Å². The molecule has 0 aliphatic carbocycles. The number of cyclic esters (lactones) is 2. The number of fused-ring (bicyclic) bond motifs is 3. The summed E-state index contributed by atoms with van der Waals surface area (Å²) in [5.41, 5.74) is 2.92. The van der Waals surface area contributed by atoms with Gasteiger partial charge in [-0.1, -0.05) is 48.0 Å². The van der Waals surface area contributed by atoms with Crippen LogP contribution in [0, 0.1) is 6.92 Å². The molecule has 0 radical (unpaired) electrons. The van der Waals surface area contributed by atoms with Crippen LogP contribution < -0.4 is 9.55 Å². The molecule has 2 saturated heterocycles. The summed E-state index contributed by atoms with van der Waals surface area (Å²) in [7, 11) is -8.12. The van der Waals surface area contributed by atoms with Gasteiger partial charge in [0.15, 0.2) is 5.69 Å². The summed E-state index contributed by atoms with van der Waals surface area (Å²) in [6.07, 6.45) is 2.67. The number of amides is 2. The lowest BCUT2D eigenvalue weighted by atomic mass is 9.99. The number of hydroxylamine groups is 2. The number of sulfonamides is 2. The van der Waals surface area contributed by atoms with Gasteiger partial charge in [0.05, 0.1) is 26.6 Å². The fraction of sp³-hybridized carbons (Fsp3) is 0.302. The number of quaternary nitrogens is 1. The largest absolute Gasteiger partial charge is 0.565 e. The molecular formula is C43H41ClN5O10S2+. The summed E-state index contributed by atoms with van der Waals surface area (Å²) in [4.78, 5) is 53.5. The number of piperidine rings is 2. The summed E-state index contributed by atoms with van der Waals surface area (Å²) < 4.78 is 69.2. The molecule has 5 heterocycles. The summed E-state index contributed by atoms with van der Waals surface area (Å²) in [6.45, 7) is 2.02. The third kappa shape index (κ3) is 7.02. The van der Waals surface area contributed by atoms with Crippen molar-refractivity contribution in [3.63, 3.8) is 0 Å². The number of pyridine rings is 1. The first-order valence-electron chi connectivity index (χ1n) is 19.9. The van der Waals surface area contributed by atoms with Crippen LogP contribution >= 0.6 is 11.6 Å². The SMILES string of the molecule is Cc1cccc2c1[N+](OC(=O)c1cccc(S(=O)(=O)N3CCC(N4C(=O)OCc5c(Cl)cccc54)CC3)c1)(C1CCN(S(=O)(=O)c3cccc4cnccc34)CC1)C(=O)OC2. The summed E-state index contributed by atoms with van der Waals surface area (Å²) >= 11 is 6.39. The number of halogens is 1. The fourth-order valence-corrected chi connectivity index (χ4v) is 12.5. The Labute approximate surface area is 357 Å². The Morgan fingerprint density at radius 2 is 1.52 bits per heavy atom. The van der Waals surface area contributed by atoms with Gasteiger partial charge in [0, 0.05) is 89.0 Å². The number of rotatable bonds is 8. The van der Waals surface area contributed by atoms with Crippen LogP contribution in [0.2, 0.25) is 5.02 Å². The number of hydrogen-bond acceptors (Lipinski definition) is 11. The number of ether oxygens (including phenoxy) is 2. The Hall–Kier alpha value is -5.43. The Balaban J connectivity index is 0.966. The van der Waals surface area contributed by atoms with E-state index >= 15 is 0 Å². The van der Waals surface area contributed by atoms with Gasteiger partial charge in [0.25, 0.3) is 0 Å². The van der Waals surface area contributed by atoms with Crippen molar-refractivity contribution < 1.29 is 45.5 Å². The summed E-state index contributed by atoms with van der Waals surface area (Å²) in [5.74, 6) is -0.968. The highest BCUT2D eigenvalue weighted by Crippen LogP contribution is 2.43. The minimum atomic E-state index is -4.14. The topological polar surface area (TPSA) is 170 Å². The van der Waals surface area contributed by atoms with E-state index in [0.29, 0.717) is 56.7 Å². The average molecular weight is 887 g/mol. The molecule has 1 atom stereocenters. The fourth-order valence-electron chi connectivity index (χ4n) is 9.05. The van der Waals surface area contributed by atoms with Crippen LogP contribution in [0.5, 0.6) is 0 Å². The molecule has 4 aliphatic rings. The van der Waals surface area contributed by atoms with Crippen LogP contribution in [0.25, 0.3) is 10.8 Å². The quantitative estimate of drug-likeness (QED) is 0.146. The molecule has 9 rings (SSSR count). The van der Waals surface area contributed by atoms with E-state index in [1.165, 1.54) is 32.9 Å². The highest BCUT2D eigenvalue weighted by molar-refractivity contribution is 7.89. The molecule has 0 saturated carbocycles. The zero-order valence-electron chi connectivity index (χ0n) is 33.0. The number of benzene rings is 4. The second-order valence-electron chi connectivity index (χ2n) is 15.5. The van der Waals surface area contributed by atoms with Crippen molar-refractivity contribution in [3.8, 4) is 0 Å². The van der Waals surface area contributed by atoms with Gasteiger partial charge >= 0.3 is 18.2 Å². The minimum Gasteiger partial charge on any atom is -0.444 e. The number of aromatic nitrogens is 1. The first-order chi connectivity index (χ1) is 29.3. The lowest BCUT2D eigenvalue weighted by molar-refractivity contribution is -0.126. The molecule has 0 N–H and O–H groups in total. The zero-order valence-corrected chi connectivity index (χ0v) is 35.4. The lowest BCUT2D eigenvalue weighted by Crippen LogP contribution is -2.66. The second-order valence-corrected chi connectivity index (χ2v) is 19.7. The van der Waals surface area contributed by atoms with E-state index in [-0.39, 0.29) is 73.6 Å². The smallest absolute Gasteiger partial charge is 0.444 e. The zero-order chi connectivity index (χ0) is 42.7. The summed E-state index contributed by atoms with van der Waals surface area (Å²) in [5, 5.41) is 1.69. The van der Waals surface area contributed by atoms with Crippen molar-refractivity contribution >= 4 is 72.0 Å². The summed E-state index contributed by atoms with van der Waals surface area (Å²) in [6, 6.07) is 21.7. The minimum absolute atomic E-state index is 0.0180. The van der Waals surface area contributed by atoms with Crippen LogP contribution in [-0.4, -0.2) is 86.8 Å². The van der Waals surface area contributed by atoms with Crippen molar-refractivity contribution in [2.45, 2.75) is 67.7 Å². The Bertz CT molecular complexity index is 2820.